The summed E-state index contributed by atoms with van der Waals surface area (Å²) in [7, 11) is 0. The van der Waals surface area contributed by atoms with E-state index in [2.05, 4.69) is 64.5 Å². The Morgan fingerprint density at radius 3 is 2.56 bits per heavy atom. The zero-order valence-electron chi connectivity index (χ0n) is 23.0. The predicted octanol–water partition coefficient (Wildman–Crippen LogP) is 5.04. The molecule has 0 saturated carbocycles. The second-order valence-electron chi connectivity index (χ2n) is 10.9. The van der Waals surface area contributed by atoms with Crippen molar-refractivity contribution in [3.63, 3.8) is 0 Å². The lowest BCUT2D eigenvalue weighted by atomic mass is 10.1. The highest BCUT2D eigenvalue weighted by atomic mass is 35.5. The van der Waals surface area contributed by atoms with Crippen LogP contribution in [0.5, 0.6) is 0 Å². The Morgan fingerprint density at radius 1 is 1.08 bits per heavy atom. The molecule has 2 saturated heterocycles. The number of pyridine rings is 2. The summed E-state index contributed by atoms with van der Waals surface area (Å²) in [6.07, 6.45) is 5.66. The minimum Gasteiger partial charge on any atom is -0.481 e. The van der Waals surface area contributed by atoms with E-state index in [1.807, 2.05) is 12.3 Å². The normalized spacial score (nSPS) is 19.7. The first-order chi connectivity index (χ1) is 18.7. The summed E-state index contributed by atoms with van der Waals surface area (Å²) in [4.78, 5) is 37.1. The Kier molecular flexibility index (Phi) is 7.88. The fourth-order valence-corrected chi connectivity index (χ4v) is 5.77. The summed E-state index contributed by atoms with van der Waals surface area (Å²) in [5.74, 6) is 1.81. The Bertz CT molecular complexity index is 1350. The van der Waals surface area contributed by atoms with Crippen molar-refractivity contribution in [2.75, 3.05) is 40.9 Å². The van der Waals surface area contributed by atoms with Crippen LogP contribution in [0.3, 0.4) is 0 Å². The molecule has 0 aromatic carbocycles. The van der Waals surface area contributed by atoms with Gasteiger partial charge in [-0.25, -0.2) is 9.97 Å². The van der Waals surface area contributed by atoms with Crippen molar-refractivity contribution in [2.24, 2.45) is 0 Å². The molecule has 3 aromatic heterocycles. The monoisotopic (exact) mass is 549 g/mol. The number of rotatable bonds is 7. The molecule has 2 fully saturated rings. The van der Waals surface area contributed by atoms with Crippen LogP contribution in [0.4, 0.5) is 17.6 Å². The molecular weight excluding hydrogens is 514 g/mol. The topological polar surface area (TPSA) is 98.6 Å². The van der Waals surface area contributed by atoms with Crippen molar-refractivity contribution < 1.29 is 9.90 Å². The van der Waals surface area contributed by atoms with Crippen molar-refractivity contribution >= 4 is 35.2 Å². The van der Waals surface area contributed by atoms with E-state index in [4.69, 9.17) is 26.7 Å². The molecule has 5 rings (SSSR count). The lowest BCUT2D eigenvalue weighted by Gasteiger charge is -2.41. The fraction of sp³-hybridized carbons (Fsp3) is 0.483. The van der Waals surface area contributed by atoms with Gasteiger partial charge in [0.2, 0.25) is 5.95 Å². The number of nitrogens with zero attached hydrogens (tertiary/aromatic N) is 7. The summed E-state index contributed by atoms with van der Waals surface area (Å²) in [5, 5.41) is 9.55. The molecule has 0 aliphatic carbocycles. The maximum Gasteiger partial charge on any atom is 0.307 e. The van der Waals surface area contributed by atoms with Crippen LogP contribution < -0.4 is 14.7 Å². The van der Waals surface area contributed by atoms with Crippen LogP contribution in [0, 0.1) is 0 Å². The molecule has 5 heterocycles. The largest absolute Gasteiger partial charge is 0.481 e. The Labute approximate surface area is 234 Å². The van der Waals surface area contributed by atoms with E-state index < -0.39 is 5.97 Å². The molecule has 10 heteroatoms. The SMILES string of the molecule is CC(C)c1cc(-c2cc(N3CCN(c4ncc(CC(=O)O)cc4Cl)C[C@H]3C)nc(N3CCC[C@@H]3C)n2)ccn1. The van der Waals surface area contributed by atoms with Gasteiger partial charge in [-0.3, -0.25) is 9.78 Å². The van der Waals surface area contributed by atoms with Crippen LogP contribution in [-0.4, -0.2) is 69.3 Å². The van der Waals surface area contributed by atoms with Gasteiger partial charge in [0, 0.05) is 68.0 Å². The zero-order valence-corrected chi connectivity index (χ0v) is 23.8. The molecule has 39 heavy (non-hydrogen) atoms. The third-order valence-corrected chi connectivity index (χ3v) is 7.91. The molecule has 0 spiro atoms. The van der Waals surface area contributed by atoms with Gasteiger partial charge in [-0.05, 0) is 56.4 Å². The average Bonchev–Trinajstić information content (AvgIpc) is 3.34. The molecule has 9 nitrogen and oxygen atoms in total. The molecule has 206 valence electrons. The lowest BCUT2D eigenvalue weighted by molar-refractivity contribution is -0.136. The molecule has 0 amide bonds. The molecule has 2 aliphatic heterocycles. The van der Waals surface area contributed by atoms with Gasteiger partial charge >= 0.3 is 5.97 Å². The van der Waals surface area contributed by atoms with Crippen LogP contribution >= 0.6 is 11.6 Å². The first-order valence-electron chi connectivity index (χ1n) is 13.7. The second kappa shape index (κ2) is 11.3. The Hall–Kier alpha value is -3.46. The van der Waals surface area contributed by atoms with E-state index in [0.29, 0.717) is 34.9 Å². The van der Waals surface area contributed by atoms with E-state index in [1.54, 1.807) is 12.3 Å². The molecule has 2 atom stereocenters. The van der Waals surface area contributed by atoms with Crippen LogP contribution in [0.2, 0.25) is 5.02 Å². The van der Waals surface area contributed by atoms with Gasteiger partial charge in [-0.15, -0.1) is 0 Å². The van der Waals surface area contributed by atoms with Crippen molar-refractivity contribution in [2.45, 2.75) is 65.0 Å². The Morgan fingerprint density at radius 2 is 1.90 bits per heavy atom. The second-order valence-corrected chi connectivity index (χ2v) is 11.3. The van der Waals surface area contributed by atoms with Gasteiger partial charge in [-0.1, -0.05) is 25.4 Å². The highest BCUT2D eigenvalue weighted by molar-refractivity contribution is 6.33. The number of anilines is 3. The number of piperazine rings is 1. The van der Waals surface area contributed by atoms with Gasteiger partial charge < -0.3 is 19.8 Å². The van der Waals surface area contributed by atoms with Crippen LogP contribution in [0.25, 0.3) is 11.3 Å². The van der Waals surface area contributed by atoms with E-state index in [1.165, 1.54) is 0 Å². The summed E-state index contributed by atoms with van der Waals surface area (Å²) < 4.78 is 0. The smallest absolute Gasteiger partial charge is 0.307 e. The van der Waals surface area contributed by atoms with Gasteiger partial charge in [0.05, 0.1) is 17.1 Å². The maximum absolute atomic E-state index is 11.1. The fourth-order valence-electron chi connectivity index (χ4n) is 5.46. The number of halogens is 1. The Balaban J connectivity index is 1.43. The van der Waals surface area contributed by atoms with Crippen LogP contribution in [-0.2, 0) is 11.2 Å². The van der Waals surface area contributed by atoms with E-state index in [0.717, 1.165) is 61.2 Å². The van der Waals surface area contributed by atoms with Crippen molar-refractivity contribution in [3.8, 4) is 11.3 Å². The molecule has 0 bridgehead atoms. The van der Waals surface area contributed by atoms with E-state index in [-0.39, 0.29) is 12.5 Å². The number of carboxylic acids is 1. The molecule has 3 aromatic rings. The first-order valence-corrected chi connectivity index (χ1v) is 14.1. The summed E-state index contributed by atoms with van der Waals surface area (Å²) in [6, 6.07) is 8.51. The first kappa shape index (κ1) is 27.1. The van der Waals surface area contributed by atoms with Crippen molar-refractivity contribution in [1.82, 2.24) is 19.9 Å². The van der Waals surface area contributed by atoms with Gasteiger partial charge in [-0.2, -0.15) is 4.98 Å². The molecule has 0 unspecified atom stereocenters. The molecule has 2 aliphatic rings. The third kappa shape index (κ3) is 5.93. The molecule has 1 N–H and O–H groups in total. The highest BCUT2D eigenvalue weighted by Crippen LogP contribution is 2.32. The maximum atomic E-state index is 11.1. The molecular formula is C29H36ClN7O2. The number of aliphatic carboxylic acids is 1. The third-order valence-electron chi connectivity index (χ3n) is 7.63. The van der Waals surface area contributed by atoms with Gasteiger partial charge in [0.1, 0.15) is 11.6 Å². The highest BCUT2D eigenvalue weighted by Gasteiger charge is 2.30. The summed E-state index contributed by atoms with van der Waals surface area (Å²) in [5.41, 5.74) is 3.60. The number of carbonyl (C=O) groups is 1. The minimum atomic E-state index is -0.901. The van der Waals surface area contributed by atoms with Crippen LogP contribution in [0.15, 0.2) is 36.7 Å². The predicted molar refractivity (Wildman–Crippen MR) is 155 cm³/mol. The quantitative estimate of drug-likeness (QED) is 0.434. The standard InChI is InChI=1S/C29H36ClN7O2/c1-18(2)24-14-22(7-8-31-24)25-15-26(34-29(33-25)37-9-5-6-19(37)3)36-11-10-35(17-20(36)4)28-23(30)12-21(16-32-28)13-27(38)39/h7-8,12,14-16,18-20H,5-6,9-11,13,17H2,1-4H3,(H,38,39)/t19-,20+/m0/s1. The average molecular weight is 550 g/mol. The van der Waals surface area contributed by atoms with Gasteiger partial charge in [0.25, 0.3) is 0 Å². The van der Waals surface area contributed by atoms with Crippen LogP contribution in [0.1, 0.15) is 57.7 Å². The number of hydrogen-bond acceptors (Lipinski definition) is 8. The van der Waals surface area contributed by atoms with E-state index in [9.17, 15) is 4.79 Å². The van der Waals surface area contributed by atoms with Gasteiger partial charge in [0.15, 0.2) is 0 Å². The molecule has 0 radical (unpaired) electrons. The summed E-state index contributed by atoms with van der Waals surface area (Å²) in [6.45, 7) is 11.9. The number of aromatic nitrogens is 4. The summed E-state index contributed by atoms with van der Waals surface area (Å²) >= 11 is 6.54. The lowest BCUT2D eigenvalue weighted by Crippen LogP contribution is -2.52. The van der Waals surface area contributed by atoms with Crippen molar-refractivity contribution in [1.29, 1.82) is 0 Å². The number of hydrogen-bond donors (Lipinski definition) is 1. The minimum absolute atomic E-state index is 0.0959. The van der Waals surface area contributed by atoms with E-state index >= 15 is 0 Å². The zero-order chi connectivity index (χ0) is 27.7. The van der Waals surface area contributed by atoms with Crippen molar-refractivity contribution in [3.05, 3.63) is 52.9 Å². The number of carboxylic acid groups (broad SMARTS) is 1.